The molecule has 4 heteroatoms. The number of amides is 1. The summed E-state index contributed by atoms with van der Waals surface area (Å²) in [5.41, 5.74) is 2.94. The number of carbonyl (C=O) groups is 1. The van der Waals surface area contributed by atoms with Gasteiger partial charge in [-0.1, -0.05) is 36.4 Å². The molecule has 22 heavy (non-hydrogen) atoms. The predicted octanol–water partition coefficient (Wildman–Crippen LogP) is 4.76. The molecule has 1 amide bonds. The van der Waals surface area contributed by atoms with Crippen molar-refractivity contribution in [1.29, 1.82) is 0 Å². The molecule has 0 bridgehead atoms. The first-order chi connectivity index (χ1) is 10.3. The van der Waals surface area contributed by atoms with Crippen molar-refractivity contribution in [1.82, 2.24) is 0 Å². The Hall–Kier alpha value is -1.51. The second kappa shape index (κ2) is 5.29. The van der Waals surface area contributed by atoms with E-state index in [1.807, 2.05) is 56.3 Å². The average molecular weight is 334 g/mol. The zero-order valence-electron chi connectivity index (χ0n) is 12.5. The average Bonchev–Trinajstić information content (AvgIpc) is 3.03. The van der Waals surface area contributed by atoms with Crippen molar-refractivity contribution in [3.05, 3.63) is 65.2 Å². The lowest BCUT2D eigenvalue weighted by Crippen LogP contribution is -2.32. The minimum absolute atomic E-state index is 0.159. The summed E-state index contributed by atoms with van der Waals surface area (Å²) in [6, 6.07) is 15.4. The molecule has 1 aliphatic rings. The van der Waals surface area contributed by atoms with Crippen molar-refractivity contribution in [3.63, 3.8) is 0 Å². The van der Waals surface area contributed by atoms with Gasteiger partial charge in [-0.05, 0) is 42.7 Å². The van der Waals surface area contributed by atoms with Crippen molar-refractivity contribution >= 4 is 34.8 Å². The summed E-state index contributed by atoms with van der Waals surface area (Å²) in [6.45, 7) is 4.00. The minimum atomic E-state index is -1.06. The number of aryl methyl sites for hydroxylation is 2. The molecule has 0 heterocycles. The van der Waals surface area contributed by atoms with Gasteiger partial charge < -0.3 is 5.32 Å². The van der Waals surface area contributed by atoms with Crippen LogP contribution in [0.2, 0.25) is 0 Å². The van der Waals surface area contributed by atoms with Crippen LogP contribution in [0.3, 0.4) is 0 Å². The summed E-state index contributed by atoms with van der Waals surface area (Å²) in [4.78, 5) is 12.9. The molecule has 1 fully saturated rings. The molecule has 0 spiro atoms. The lowest BCUT2D eigenvalue weighted by Gasteiger charge is -2.19. The van der Waals surface area contributed by atoms with E-state index >= 15 is 0 Å². The molecule has 2 aromatic carbocycles. The van der Waals surface area contributed by atoms with Crippen molar-refractivity contribution in [2.24, 2.45) is 0 Å². The van der Waals surface area contributed by atoms with Gasteiger partial charge in [-0.3, -0.25) is 4.79 Å². The van der Waals surface area contributed by atoms with Crippen LogP contribution >= 0.6 is 23.2 Å². The number of hydrogen-bond donors (Lipinski definition) is 1. The van der Waals surface area contributed by atoms with E-state index in [2.05, 4.69) is 11.4 Å². The van der Waals surface area contributed by atoms with Crippen LogP contribution in [0, 0.1) is 13.8 Å². The van der Waals surface area contributed by atoms with Crippen LogP contribution < -0.4 is 5.32 Å². The molecule has 1 atom stereocenters. The van der Waals surface area contributed by atoms with E-state index < -0.39 is 9.75 Å². The number of rotatable bonds is 3. The third-order valence-electron chi connectivity index (χ3n) is 4.12. The normalized spacial score (nSPS) is 22.2. The monoisotopic (exact) mass is 333 g/mol. The second-order valence-corrected chi connectivity index (χ2v) is 7.47. The van der Waals surface area contributed by atoms with Gasteiger partial charge in [0, 0.05) is 12.1 Å². The third kappa shape index (κ3) is 2.51. The molecule has 0 aromatic heterocycles. The fraction of sp³-hybridized carbons (Fsp3) is 0.278. The van der Waals surface area contributed by atoms with Crippen molar-refractivity contribution in [2.75, 3.05) is 5.32 Å². The van der Waals surface area contributed by atoms with Crippen molar-refractivity contribution in [3.8, 4) is 0 Å². The van der Waals surface area contributed by atoms with Gasteiger partial charge in [0.1, 0.15) is 9.75 Å². The predicted molar refractivity (Wildman–Crippen MR) is 91.7 cm³/mol. The molecule has 3 rings (SSSR count). The Morgan fingerprint density at radius 1 is 1.05 bits per heavy atom. The van der Waals surface area contributed by atoms with Gasteiger partial charge in [-0.25, -0.2) is 0 Å². The first-order valence-corrected chi connectivity index (χ1v) is 7.94. The van der Waals surface area contributed by atoms with Gasteiger partial charge in [-0.2, -0.15) is 0 Å². The summed E-state index contributed by atoms with van der Waals surface area (Å²) >= 11 is 12.7. The molecule has 2 aromatic rings. The van der Waals surface area contributed by atoms with Gasteiger partial charge >= 0.3 is 0 Å². The second-order valence-electron chi connectivity index (χ2n) is 5.98. The smallest absolute Gasteiger partial charge is 0.238 e. The molecule has 1 aliphatic carbocycles. The van der Waals surface area contributed by atoms with E-state index in [1.165, 1.54) is 0 Å². The van der Waals surface area contributed by atoms with Crippen LogP contribution in [-0.4, -0.2) is 10.2 Å². The van der Waals surface area contributed by atoms with Gasteiger partial charge in [0.2, 0.25) is 5.91 Å². The van der Waals surface area contributed by atoms with Crippen molar-refractivity contribution < 1.29 is 4.79 Å². The largest absolute Gasteiger partial charge is 0.325 e. The zero-order valence-corrected chi connectivity index (χ0v) is 14.0. The van der Waals surface area contributed by atoms with E-state index in [-0.39, 0.29) is 5.91 Å². The lowest BCUT2D eigenvalue weighted by atomic mass is 9.94. The van der Waals surface area contributed by atoms with Gasteiger partial charge in [0.25, 0.3) is 0 Å². The summed E-state index contributed by atoms with van der Waals surface area (Å²) in [7, 11) is 0. The number of alkyl halides is 2. The Labute approximate surface area is 140 Å². The van der Waals surface area contributed by atoms with E-state index in [1.54, 1.807) is 0 Å². The Morgan fingerprint density at radius 2 is 1.59 bits per heavy atom. The molecule has 1 N–H and O–H groups in total. The number of halogens is 2. The Balaban J connectivity index is 1.93. The van der Waals surface area contributed by atoms with Crippen LogP contribution in [0.25, 0.3) is 0 Å². The summed E-state index contributed by atoms with van der Waals surface area (Å²) in [5, 5.41) is 2.97. The number of anilines is 1. The van der Waals surface area contributed by atoms with E-state index in [0.29, 0.717) is 6.42 Å². The molecular formula is C18H17Cl2NO. The molecule has 0 radical (unpaired) electrons. The maximum Gasteiger partial charge on any atom is 0.238 e. The van der Waals surface area contributed by atoms with Crippen molar-refractivity contribution in [2.45, 2.75) is 30.0 Å². The van der Waals surface area contributed by atoms with E-state index in [0.717, 1.165) is 22.4 Å². The summed E-state index contributed by atoms with van der Waals surface area (Å²) < 4.78 is -1.06. The fourth-order valence-electron chi connectivity index (χ4n) is 2.99. The van der Waals surface area contributed by atoms with Crippen LogP contribution in [0.4, 0.5) is 5.69 Å². The SMILES string of the molecule is Cc1cc(C)cc(NC(=O)[C@]2(c3ccccc3)CC2(Cl)Cl)c1. The van der Waals surface area contributed by atoms with Crippen LogP contribution in [0.5, 0.6) is 0 Å². The fourth-order valence-corrected chi connectivity index (χ4v) is 3.78. The number of nitrogens with one attached hydrogen (secondary N) is 1. The summed E-state index contributed by atoms with van der Waals surface area (Å²) in [5.74, 6) is -0.159. The Morgan fingerprint density at radius 3 is 2.09 bits per heavy atom. The standard InChI is InChI=1S/C18H17Cl2NO/c1-12-8-13(2)10-15(9-12)21-16(22)17(11-18(17,19)20)14-6-4-3-5-7-14/h3-10H,11H2,1-2H3,(H,21,22)/t17-/m1/s1. The lowest BCUT2D eigenvalue weighted by molar-refractivity contribution is -0.118. The molecule has 2 nitrogen and oxygen atoms in total. The highest BCUT2D eigenvalue weighted by Gasteiger charge is 2.72. The zero-order chi connectivity index (χ0) is 16.0. The first kappa shape index (κ1) is 15.4. The number of carbonyl (C=O) groups excluding carboxylic acids is 1. The van der Waals surface area contributed by atoms with Gasteiger partial charge in [0.05, 0.1) is 0 Å². The van der Waals surface area contributed by atoms with Gasteiger partial charge in [0.15, 0.2) is 0 Å². The highest BCUT2D eigenvalue weighted by Crippen LogP contribution is 2.65. The Kier molecular flexibility index (Phi) is 3.70. The third-order valence-corrected chi connectivity index (χ3v) is 5.03. The minimum Gasteiger partial charge on any atom is -0.325 e. The summed E-state index contributed by atoms with van der Waals surface area (Å²) in [6.07, 6.45) is 0.420. The maximum absolute atomic E-state index is 12.9. The molecule has 0 unspecified atom stereocenters. The maximum atomic E-state index is 12.9. The number of hydrogen-bond acceptors (Lipinski definition) is 1. The van der Waals surface area contributed by atoms with Crippen LogP contribution in [0.15, 0.2) is 48.5 Å². The Bertz CT molecular complexity index is 707. The quantitative estimate of drug-likeness (QED) is 0.806. The first-order valence-electron chi connectivity index (χ1n) is 7.18. The molecular weight excluding hydrogens is 317 g/mol. The molecule has 0 saturated heterocycles. The highest BCUT2D eigenvalue weighted by atomic mass is 35.5. The van der Waals surface area contributed by atoms with Crippen LogP contribution in [0.1, 0.15) is 23.1 Å². The molecule has 1 saturated carbocycles. The molecule has 0 aliphatic heterocycles. The van der Waals surface area contributed by atoms with Gasteiger partial charge in [-0.15, -0.1) is 23.2 Å². The molecule has 114 valence electrons. The number of benzene rings is 2. The van der Waals surface area contributed by atoms with Crippen LogP contribution in [-0.2, 0) is 10.2 Å². The highest BCUT2D eigenvalue weighted by molar-refractivity contribution is 6.54. The van der Waals surface area contributed by atoms with E-state index in [4.69, 9.17) is 23.2 Å². The topological polar surface area (TPSA) is 29.1 Å². The van der Waals surface area contributed by atoms with E-state index in [9.17, 15) is 4.79 Å².